The van der Waals surface area contributed by atoms with E-state index in [9.17, 15) is 0 Å². The number of nitrogens with zero attached hydrogens (tertiary/aromatic N) is 7. The maximum absolute atomic E-state index is 4.72. The first-order valence-electron chi connectivity index (χ1n) is 7.79. The topological polar surface area (TPSA) is 84.1 Å². The maximum Gasteiger partial charge on any atom is 0.182 e. The van der Waals surface area contributed by atoms with E-state index in [4.69, 9.17) is 4.98 Å². The highest BCUT2D eigenvalue weighted by atomic mass is 15.5. The number of nitrogens with one attached hydrogen (secondary N) is 1. The van der Waals surface area contributed by atoms with Crippen LogP contribution in [-0.4, -0.2) is 56.9 Å². The molecular weight excluding hydrogens is 292 g/mol. The van der Waals surface area contributed by atoms with Gasteiger partial charge in [0.25, 0.3) is 0 Å². The molecule has 0 saturated carbocycles. The number of hydrogen-bond donors (Lipinski definition) is 1. The molecule has 0 amide bonds. The first-order valence-corrected chi connectivity index (χ1v) is 7.79. The summed E-state index contributed by atoms with van der Waals surface area (Å²) in [4.78, 5) is 13.7. The molecule has 2 aromatic heterocycles. The average molecular weight is 318 g/mol. The van der Waals surface area contributed by atoms with Crippen LogP contribution in [0.3, 0.4) is 0 Å². The lowest BCUT2D eigenvalue weighted by Crippen LogP contribution is -2.39. The lowest BCUT2D eigenvalue weighted by atomic mass is 9.95. The Hall–Kier alpha value is -2.09. The Bertz CT molecular complexity index is 710. The zero-order valence-corrected chi connectivity index (χ0v) is 15.0. The number of aliphatic imine (C=N–C) groups is 1. The third kappa shape index (κ3) is 3.47. The van der Waals surface area contributed by atoms with Gasteiger partial charge < -0.3 is 0 Å². The van der Waals surface area contributed by atoms with Gasteiger partial charge in [-0.25, -0.2) is 20.1 Å². The molecule has 2 heterocycles. The summed E-state index contributed by atoms with van der Waals surface area (Å²) in [6, 6.07) is 0. The van der Waals surface area contributed by atoms with Crippen molar-refractivity contribution in [2.45, 2.75) is 46.1 Å². The van der Waals surface area contributed by atoms with E-state index in [2.05, 4.69) is 53.4 Å². The second-order valence-corrected chi connectivity index (χ2v) is 6.44. The van der Waals surface area contributed by atoms with Crippen LogP contribution in [0, 0.1) is 0 Å². The summed E-state index contributed by atoms with van der Waals surface area (Å²) in [6.07, 6.45) is 0.798. The van der Waals surface area contributed by atoms with Crippen molar-refractivity contribution in [1.82, 2.24) is 35.4 Å². The first kappa shape index (κ1) is 17.3. The lowest BCUT2D eigenvalue weighted by molar-refractivity contribution is 0.393. The quantitative estimate of drug-likeness (QED) is 0.518. The zero-order chi connectivity index (χ0) is 17.2. The van der Waals surface area contributed by atoms with E-state index in [1.165, 1.54) is 0 Å². The van der Waals surface area contributed by atoms with Gasteiger partial charge in [-0.1, -0.05) is 32.9 Å². The van der Waals surface area contributed by atoms with Crippen LogP contribution in [0.2, 0.25) is 0 Å². The highest BCUT2D eigenvalue weighted by Gasteiger charge is 2.22. The molecule has 2 rings (SSSR count). The zero-order valence-electron chi connectivity index (χ0n) is 15.0. The van der Waals surface area contributed by atoms with Crippen LogP contribution in [0.1, 0.15) is 39.2 Å². The van der Waals surface area contributed by atoms with Gasteiger partial charge in [0, 0.05) is 26.6 Å². The number of hydrazine groups is 1. The first-order chi connectivity index (χ1) is 10.8. The van der Waals surface area contributed by atoms with Gasteiger partial charge in [0.1, 0.15) is 18.2 Å². The molecule has 0 aliphatic rings. The smallest absolute Gasteiger partial charge is 0.182 e. The average Bonchev–Trinajstić information content (AvgIpc) is 2.93. The highest BCUT2D eigenvalue weighted by molar-refractivity contribution is 5.83. The molecular formula is C15H26N8. The number of fused-ring (bicyclic) bond motifs is 1. The Labute approximate surface area is 137 Å². The van der Waals surface area contributed by atoms with E-state index in [-0.39, 0.29) is 5.41 Å². The molecule has 0 saturated heterocycles. The third-order valence-corrected chi connectivity index (χ3v) is 3.71. The van der Waals surface area contributed by atoms with Gasteiger partial charge in [0.2, 0.25) is 0 Å². The molecule has 0 spiro atoms. The highest BCUT2D eigenvalue weighted by Crippen LogP contribution is 2.22. The molecule has 0 radical (unpaired) electrons. The second kappa shape index (κ2) is 6.57. The van der Waals surface area contributed by atoms with E-state index in [0.29, 0.717) is 6.54 Å². The summed E-state index contributed by atoms with van der Waals surface area (Å²) in [6.45, 7) is 8.88. The van der Waals surface area contributed by atoms with E-state index in [1.807, 2.05) is 19.1 Å². The molecule has 2 aromatic rings. The predicted molar refractivity (Wildman–Crippen MR) is 91.4 cm³/mol. The van der Waals surface area contributed by atoms with Gasteiger partial charge in [-0.15, -0.1) is 5.10 Å². The number of likely N-dealkylation sites (N-methyl/N-ethyl adjacent to an activating group) is 1. The van der Waals surface area contributed by atoms with Crippen molar-refractivity contribution in [3.05, 3.63) is 11.5 Å². The van der Waals surface area contributed by atoms with Crippen LogP contribution in [-0.2, 0) is 18.4 Å². The number of rotatable bonds is 4. The monoisotopic (exact) mass is 318 g/mol. The van der Waals surface area contributed by atoms with Crippen molar-refractivity contribution in [2.24, 2.45) is 4.99 Å². The van der Waals surface area contributed by atoms with Gasteiger partial charge in [-0.2, -0.15) is 0 Å². The largest absolute Gasteiger partial charge is 0.298 e. The molecule has 8 nitrogen and oxygen atoms in total. The molecule has 0 aliphatic carbocycles. The molecule has 0 unspecified atom stereocenters. The fraction of sp³-hybridized carbons (Fsp3) is 0.667. The van der Waals surface area contributed by atoms with Crippen LogP contribution >= 0.6 is 0 Å². The summed E-state index contributed by atoms with van der Waals surface area (Å²) in [7, 11) is 5.52. The van der Waals surface area contributed by atoms with Gasteiger partial charge in [-0.3, -0.25) is 10.0 Å². The normalized spacial score (nSPS) is 12.9. The van der Waals surface area contributed by atoms with E-state index >= 15 is 0 Å². The summed E-state index contributed by atoms with van der Waals surface area (Å²) in [5.41, 5.74) is 5.37. The number of hydrogen-bond acceptors (Lipinski definition) is 6. The Kier molecular flexibility index (Phi) is 4.93. The minimum atomic E-state index is -0.128. The number of aromatic nitrogens is 5. The minimum Gasteiger partial charge on any atom is -0.298 e. The number of aryl methyl sites for hydroxylation is 1. The van der Waals surface area contributed by atoms with Crippen LogP contribution < -0.4 is 5.43 Å². The summed E-state index contributed by atoms with van der Waals surface area (Å²) < 4.78 is 1.78. The molecule has 0 atom stereocenters. The molecule has 0 aliphatic heterocycles. The molecule has 0 fully saturated rings. The van der Waals surface area contributed by atoms with Crippen LogP contribution in [0.25, 0.3) is 11.2 Å². The van der Waals surface area contributed by atoms with Gasteiger partial charge in [0.15, 0.2) is 11.2 Å². The van der Waals surface area contributed by atoms with E-state index in [1.54, 1.807) is 11.7 Å². The predicted octanol–water partition coefficient (Wildman–Crippen LogP) is 1.18. The van der Waals surface area contributed by atoms with Gasteiger partial charge in [-0.05, 0) is 6.42 Å². The SMILES string of the molecule is CCc1nc(C(C)(C)C)nc2c1nnn2C/C(=N/C)N(C)NC. The van der Waals surface area contributed by atoms with Crippen molar-refractivity contribution in [1.29, 1.82) is 0 Å². The maximum atomic E-state index is 4.72. The number of amidine groups is 1. The van der Waals surface area contributed by atoms with E-state index < -0.39 is 0 Å². The molecule has 0 bridgehead atoms. The molecule has 0 aromatic carbocycles. The summed E-state index contributed by atoms with van der Waals surface area (Å²) >= 11 is 0. The standard InChI is InChI=1S/C15H26N8/c1-8-10-12-13(19-14(18-10)15(2,3)4)23(21-20-12)9-11(16-5)22(7)17-6/h17H,8-9H2,1-7H3/b16-11-. The van der Waals surface area contributed by atoms with Gasteiger partial charge >= 0.3 is 0 Å². The van der Waals surface area contributed by atoms with E-state index in [0.717, 1.165) is 34.9 Å². The fourth-order valence-electron chi connectivity index (χ4n) is 2.19. The van der Waals surface area contributed by atoms with Crippen molar-refractivity contribution in [3.63, 3.8) is 0 Å². The van der Waals surface area contributed by atoms with Crippen molar-refractivity contribution in [3.8, 4) is 0 Å². The van der Waals surface area contributed by atoms with Crippen molar-refractivity contribution >= 4 is 17.0 Å². The molecule has 8 heteroatoms. The van der Waals surface area contributed by atoms with Crippen LogP contribution in [0.4, 0.5) is 0 Å². The molecule has 1 N–H and O–H groups in total. The Morgan fingerprint density at radius 2 is 2.00 bits per heavy atom. The second-order valence-electron chi connectivity index (χ2n) is 6.44. The fourth-order valence-corrected chi connectivity index (χ4v) is 2.19. The van der Waals surface area contributed by atoms with Gasteiger partial charge in [0.05, 0.1) is 5.69 Å². The third-order valence-electron chi connectivity index (χ3n) is 3.71. The Balaban J connectivity index is 2.54. The van der Waals surface area contributed by atoms with Crippen LogP contribution in [0.5, 0.6) is 0 Å². The minimum absolute atomic E-state index is 0.128. The van der Waals surface area contributed by atoms with Crippen molar-refractivity contribution in [2.75, 3.05) is 21.1 Å². The lowest BCUT2D eigenvalue weighted by Gasteiger charge is -2.20. The molecule has 126 valence electrons. The van der Waals surface area contributed by atoms with Crippen LogP contribution in [0.15, 0.2) is 4.99 Å². The Morgan fingerprint density at radius 1 is 1.30 bits per heavy atom. The van der Waals surface area contributed by atoms with Crippen molar-refractivity contribution < 1.29 is 0 Å². The summed E-state index contributed by atoms with van der Waals surface area (Å²) in [5, 5.41) is 10.4. The Morgan fingerprint density at radius 3 is 2.52 bits per heavy atom. The summed E-state index contributed by atoms with van der Waals surface area (Å²) in [5.74, 6) is 1.65. The molecule has 23 heavy (non-hydrogen) atoms.